The number of benzene rings is 1. The topological polar surface area (TPSA) is 79.0 Å². The van der Waals surface area contributed by atoms with Crippen LogP contribution in [0.15, 0.2) is 27.9 Å². The zero-order valence-corrected chi connectivity index (χ0v) is 15.6. The fraction of sp³-hybridized carbons (Fsp3) is 0.294. The Bertz CT molecular complexity index is 1120. The van der Waals surface area contributed by atoms with Crippen LogP contribution in [-0.4, -0.2) is 26.4 Å². The number of nitrogens with zero attached hydrogens (tertiary/aromatic N) is 4. The van der Waals surface area contributed by atoms with Crippen molar-refractivity contribution in [3.63, 3.8) is 0 Å². The molecule has 0 aliphatic heterocycles. The molecule has 1 aromatic carbocycles. The number of ether oxygens (including phenoxy) is 1. The molecule has 0 saturated heterocycles. The Balaban J connectivity index is 1.98. The number of methoxy groups -OCH3 is 1. The van der Waals surface area contributed by atoms with Crippen molar-refractivity contribution in [3.8, 4) is 16.3 Å². The van der Waals surface area contributed by atoms with Crippen molar-refractivity contribution in [2.75, 3.05) is 7.11 Å². The summed E-state index contributed by atoms with van der Waals surface area (Å²) >= 11 is 1.06. The van der Waals surface area contributed by atoms with Crippen molar-refractivity contribution >= 4 is 11.3 Å². The molecule has 0 spiro atoms. The summed E-state index contributed by atoms with van der Waals surface area (Å²) in [6.45, 7) is 3.66. The third-order valence-electron chi connectivity index (χ3n) is 3.98. The van der Waals surface area contributed by atoms with E-state index < -0.39 is 23.1 Å². The first-order valence-electron chi connectivity index (χ1n) is 8.03. The Kier molecular flexibility index (Phi) is 5.17. The minimum absolute atomic E-state index is 0.0547. The Hall–Kier alpha value is -2.88. The average Bonchev–Trinajstić information content (AvgIpc) is 3.09. The monoisotopic (exact) mass is 394 g/mol. The highest BCUT2D eigenvalue weighted by Crippen LogP contribution is 2.32. The van der Waals surface area contributed by atoms with Gasteiger partial charge < -0.3 is 4.74 Å². The second-order valence-corrected chi connectivity index (χ2v) is 6.78. The highest BCUT2D eigenvalue weighted by Gasteiger charge is 2.19. The van der Waals surface area contributed by atoms with Gasteiger partial charge in [0.05, 0.1) is 19.2 Å². The molecule has 3 rings (SSSR count). The summed E-state index contributed by atoms with van der Waals surface area (Å²) in [7, 11) is 1.17. The van der Waals surface area contributed by atoms with Crippen molar-refractivity contribution < 1.29 is 13.5 Å². The SMILES string of the molecule is CCn1c(=O)c(C)cn(Cc2nnc(-c3ccc(F)c(OC)c3F)s2)c1=O. The molecule has 0 fully saturated rings. The molecule has 0 bridgehead atoms. The van der Waals surface area contributed by atoms with Crippen LogP contribution < -0.4 is 16.0 Å². The fourth-order valence-corrected chi connectivity index (χ4v) is 3.51. The van der Waals surface area contributed by atoms with Crippen LogP contribution in [0.25, 0.3) is 10.6 Å². The first-order chi connectivity index (χ1) is 12.9. The van der Waals surface area contributed by atoms with Crippen LogP contribution in [0.5, 0.6) is 5.75 Å². The lowest BCUT2D eigenvalue weighted by molar-refractivity contribution is 0.360. The second kappa shape index (κ2) is 7.39. The first kappa shape index (κ1) is 18.9. The van der Waals surface area contributed by atoms with Crippen molar-refractivity contribution in [1.82, 2.24) is 19.3 Å². The van der Waals surface area contributed by atoms with E-state index in [4.69, 9.17) is 4.74 Å². The largest absolute Gasteiger partial charge is 0.491 e. The highest BCUT2D eigenvalue weighted by molar-refractivity contribution is 7.14. The normalized spacial score (nSPS) is 11.0. The summed E-state index contributed by atoms with van der Waals surface area (Å²) in [5, 5.41) is 8.57. The Morgan fingerprint density at radius 2 is 1.96 bits per heavy atom. The Labute approximate surface area is 156 Å². The van der Waals surface area contributed by atoms with Crippen LogP contribution in [0.2, 0.25) is 0 Å². The van der Waals surface area contributed by atoms with Crippen LogP contribution in [0.3, 0.4) is 0 Å². The molecule has 10 heteroatoms. The van der Waals surface area contributed by atoms with Gasteiger partial charge in [-0.1, -0.05) is 11.3 Å². The highest BCUT2D eigenvalue weighted by atomic mass is 32.1. The van der Waals surface area contributed by atoms with Gasteiger partial charge in [0.1, 0.15) is 5.01 Å². The summed E-state index contributed by atoms with van der Waals surface area (Å²) in [4.78, 5) is 24.4. The zero-order valence-electron chi connectivity index (χ0n) is 14.8. The quantitative estimate of drug-likeness (QED) is 0.663. The smallest absolute Gasteiger partial charge is 0.331 e. The lowest BCUT2D eigenvalue weighted by atomic mass is 10.2. The predicted molar refractivity (Wildman–Crippen MR) is 96.3 cm³/mol. The molecule has 0 atom stereocenters. The van der Waals surface area contributed by atoms with Gasteiger partial charge in [0.25, 0.3) is 5.56 Å². The molecule has 142 valence electrons. The Morgan fingerprint density at radius 1 is 1.22 bits per heavy atom. The van der Waals surface area contributed by atoms with Gasteiger partial charge in [-0.2, -0.15) is 0 Å². The van der Waals surface area contributed by atoms with E-state index >= 15 is 0 Å². The van der Waals surface area contributed by atoms with E-state index in [0.717, 1.165) is 22.0 Å². The number of rotatable bonds is 5. The van der Waals surface area contributed by atoms with E-state index in [1.165, 1.54) is 23.9 Å². The summed E-state index contributed by atoms with van der Waals surface area (Å²) in [5.41, 5.74) is -0.314. The van der Waals surface area contributed by atoms with E-state index in [1.54, 1.807) is 13.8 Å². The molecular formula is C17H16F2N4O3S. The molecule has 27 heavy (non-hydrogen) atoms. The Morgan fingerprint density at radius 3 is 2.63 bits per heavy atom. The third-order valence-corrected chi connectivity index (χ3v) is 4.92. The maximum Gasteiger partial charge on any atom is 0.331 e. The van der Waals surface area contributed by atoms with Gasteiger partial charge in [0.15, 0.2) is 22.4 Å². The van der Waals surface area contributed by atoms with Crippen LogP contribution in [-0.2, 0) is 13.1 Å². The van der Waals surface area contributed by atoms with Gasteiger partial charge in [-0.25, -0.2) is 13.6 Å². The van der Waals surface area contributed by atoms with Gasteiger partial charge in [-0.3, -0.25) is 13.9 Å². The molecule has 0 radical (unpaired) electrons. The van der Waals surface area contributed by atoms with Crippen LogP contribution in [0.4, 0.5) is 8.78 Å². The van der Waals surface area contributed by atoms with Crippen molar-refractivity contribution in [2.45, 2.75) is 26.9 Å². The van der Waals surface area contributed by atoms with E-state index in [1.807, 2.05) is 0 Å². The minimum Gasteiger partial charge on any atom is -0.491 e. The second-order valence-electron chi connectivity index (χ2n) is 5.72. The van der Waals surface area contributed by atoms with E-state index in [9.17, 15) is 18.4 Å². The number of aryl methyl sites for hydroxylation is 1. The average molecular weight is 394 g/mol. The zero-order chi connectivity index (χ0) is 19.7. The maximum atomic E-state index is 14.4. The van der Waals surface area contributed by atoms with E-state index in [-0.39, 0.29) is 29.2 Å². The minimum atomic E-state index is -0.868. The standard InChI is InChI=1S/C17H16F2N4O3S/c1-4-23-16(24)9(2)7-22(17(23)25)8-12-20-21-15(27-12)10-5-6-11(18)14(26-3)13(10)19/h5-7H,4,8H2,1-3H3. The molecule has 3 aromatic rings. The lowest BCUT2D eigenvalue weighted by Crippen LogP contribution is -2.40. The van der Waals surface area contributed by atoms with Gasteiger partial charge in [0.2, 0.25) is 0 Å². The maximum absolute atomic E-state index is 14.4. The van der Waals surface area contributed by atoms with Crippen LogP contribution in [0, 0.1) is 18.6 Å². The number of hydrogen-bond acceptors (Lipinski definition) is 6. The molecule has 0 N–H and O–H groups in total. The van der Waals surface area contributed by atoms with E-state index in [2.05, 4.69) is 10.2 Å². The van der Waals surface area contributed by atoms with Crippen LogP contribution >= 0.6 is 11.3 Å². The summed E-state index contributed by atoms with van der Waals surface area (Å²) < 4.78 is 35.2. The lowest BCUT2D eigenvalue weighted by Gasteiger charge is -2.08. The van der Waals surface area contributed by atoms with Crippen molar-refractivity contribution in [3.05, 3.63) is 61.4 Å². The molecule has 7 nitrogen and oxygen atoms in total. The summed E-state index contributed by atoms with van der Waals surface area (Å²) in [6.07, 6.45) is 1.46. The van der Waals surface area contributed by atoms with Gasteiger partial charge in [0, 0.05) is 18.3 Å². The third kappa shape index (κ3) is 3.39. The first-order valence-corrected chi connectivity index (χ1v) is 8.84. The molecule has 0 saturated carbocycles. The molecule has 2 heterocycles. The summed E-state index contributed by atoms with van der Waals surface area (Å²) in [6, 6.07) is 2.34. The molecular weight excluding hydrogens is 378 g/mol. The number of aromatic nitrogens is 4. The fourth-order valence-electron chi connectivity index (χ4n) is 2.65. The van der Waals surface area contributed by atoms with Crippen molar-refractivity contribution in [1.29, 1.82) is 0 Å². The molecule has 0 aliphatic rings. The van der Waals surface area contributed by atoms with Gasteiger partial charge in [-0.15, -0.1) is 10.2 Å². The van der Waals surface area contributed by atoms with E-state index in [0.29, 0.717) is 10.6 Å². The number of halogens is 2. The molecule has 0 aliphatic carbocycles. The van der Waals surface area contributed by atoms with Gasteiger partial charge >= 0.3 is 5.69 Å². The molecule has 2 aromatic heterocycles. The van der Waals surface area contributed by atoms with Crippen molar-refractivity contribution in [2.24, 2.45) is 0 Å². The molecule has 0 unspecified atom stereocenters. The molecule has 0 amide bonds. The predicted octanol–water partition coefficient (Wildman–Crippen LogP) is 2.19. The van der Waals surface area contributed by atoms with Gasteiger partial charge in [-0.05, 0) is 26.0 Å². The van der Waals surface area contributed by atoms with Crippen LogP contribution in [0.1, 0.15) is 17.5 Å². The summed E-state index contributed by atoms with van der Waals surface area (Å²) in [5.74, 6) is -2.17. The number of hydrogen-bond donors (Lipinski definition) is 0.